The molecule has 2 aromatic heterocycles. The quantitative estimate of drug-likeness (QED) is 0.503. The van der Waals surface area contributed by atoms with Crippen molar-refractivity contribution in [2.24, 2.45) is 0 Å². The van der Waals surface area contributed by atoms with E-state index in [4.69, 9.17) is 11.6 Å². The maximum absolute atomic E-state index is 13.1. The van der Waals surface area contributed by atoms with Gasteiger partial charge in [-0.3, -0.25) is 9.36 Å². The standard InChI is InChI=1S/C20H15ClN2OS/c1-13-4-2-3-5-15(13)10-23-12-22-19-18(20(23)24)17(11-25-19)14-6-8-16(21)9-7-14/h2-9,11-12H,10H2,1H3. The van der Waals surface area contributed by atoms with Crippen LogP contribution in [0.5, 0.6) is 0 Å². The van der Waals surface area contributed by atoms with E-state index in [2.05, 4.69) is 18.0 Å². The fourth-order valence-electron chi connectivity index (χ4n) is 2.89. The lowest BCUT2D eigenvalue weighted by molar-refractivity contribution is 0.745. The molecule has 124 valence electrons. The number of aromatic nitrogens is 2. The van der Waals surface area contributed by atoms with Gasteiger partial charge in [-0.15, -0.1) is 11.3 Å². The lowest BCUT2D eigenvalue weighted by atomic mass is 10.1. The molecule has 0 saturated heterocycles. The minimum absolute atomic E-state index is 0.0144. The Kier molecular flexibility index (Phi) is 4.15. The smallest absolute Gasteiger partial charge is 0.263 e. The van der Waals surface area contributed by atoms with Gasteiger partial charge in [0, 0.05) is 16.0 Å². The fraction of sp³-hybridized carbons (Fsp3) is 0.100. The van der Waals surface area contributed by atoms with E-state index < -0.39 is 0 Å². The summed E-state index contributed by atoms with van der Waals surface area (Å²) in [6.07, 6.45) is 1.64. The monoisotopic (exact) mass is 366 g/mol. The Morgan fingerprint density at radius 1 is 1.12 bits per heavy atom. The Hall–Kier alpha value is -2.43. The predicted molar refractivity (Wildman–Crippen MR) is 105 cm³/mol. The zero-order valence-electron chi connectivity index (χ0n) is 13.6. The van der Waals surface area contributed by atoms with Crippen molar-refractivity contribution in [3.05, 3.63) is 86.7 Å². The van der Waals surface area contributed by atoms with Gasteiger partial charge in [-0.1, -0.05) is 48.0 Å². The highest BCUT2D eigenvalue weighted by Crippen LogP contribution is 2.31. The summed E-state index contributed by atoms with van der Waals surface area (Å²) in [6.45, 7) is 2.57. The van der Waals surface area contributed by atoms with Gasteiger partial charge in [0.05, 0.1) is 18.3 Å². The molecule has 0 radical (unpaired) electrons. The maximum atomic E-state index is 13.1. The summed E-state index contributed by atoms with van der Waals surface area (Å²) in [5, 5.41) is 3.34. The molecule has 3 nitrogen and oxygen atoms in total. The van der Waals surface area contributed by atoms with Crippen molar-refractivity contribution < 1.29 is 0 Å². The average molecular weight is 367 g/mol. The van der Waals surface area contributed by atoms with Gasteiger partial charge in [0.2, 0.25) is 0 Å². The number of aryl methyl sites for hydroxylation is 1. The number of fused-ring (bicyclic) bond motifs is 1. The van der Waals surface area contributed by atoms with E-state index in [0.717, 1.165) is 27.1 Å². The number of rotatable bonds is 3. The molecule has 0 bridgehead atoms. The molecule has 4 aromatic rings. The highest BCUT2D eigenvalue weighted by Gasteiger charge is 2.13. The van der Waals surface area contributed by atoms with Crippen LogP contribution in [0.15, 0.2) is 65.0 Å². The minimum atomic E-state index is -0.0144. The van der Waals surface area contributed by atoms with Gasteiger partial charge in [-0.2, -0.15) is 0 Å². The molecule has 0 fully saturated rings. The number of nitrogens with zero attached hydrogens (tertiary/aromatic N) is 2. The number of halogens is 1. The van der Waals surface area contributed by atoms with Crippen LogP contribution in [0.1, 0.15) is 11.1 Å². The molecule has 4 rings (SSSR count). The SMILES string of the molecule is Cc1ccccc1Cn1cnc2scc(-c3ccc(Cl)cc3)c2c1=O. The Balaban J connectivity index is 1.85. The third-order valence-corrected chi connectivity index (χ3v) is 5.46. The van der Waals surface area contributed by atoms with Gasteiger partial charge in [0.25, 0.3) is 5.56 Å². The zero-order chi connectivity index (χ0) is 17.4. The molecule has 25 heavy (non-hydrogen) atoms. The summed E-state index contributed by atoms with van der Waals surface area (Å²) in [6, 6.07) is 15.6. The normalized spacial score (nSPS) is 11.1. The van der Waals surface area contributed by atoms with Crippen LogP contribution in [0, 0.1) is 6.92 Å². The second-order valence-electron chi connectivity index (χ2n) is 5.94. The van der Waals surface area contributed by atoms with Crippen molar-refractivity contribution in [1.29, 1.82) is 0 Å². The highest BCUT2D eigenvalue weighted by atomic mass is 35.5. The van der Waals surface area contributed by atoms with Crippen LogP contribution in [0.2, 0.25) is 5.02 Å². The van der Waals surface area contributed by atoms with Gasteiger partial charge in [0.1, 0.15) is 4.83 Å². The number of thiophene rings is 1. The Morgan fingerprint density at radius 2 is 1.88 bits per heavy atom. The van der Waals surface area contributed by atoms with E-state index >= 15 is 0 Å². The summed E-state index contributed by atoms with van der Waals surface area (Å²) in [5.74, 6) is 0. The van der Waals surface area contributed by atoms with Crippen molar-refractivity contribution in [3.63, 3.8) is 0 Å². The molecular formula is C20H15ClN2OS. The molecule has 2 heterocycles. The highest BCUT2D eigenvalue weighted by molar-refractivity contribution is 7.17. The topological polar surface area (TPSA) is 34.9 Å². The molecule has 0 amide bonds. The molecule has 0 aliphatic heterocycles. The first-order valence-corrected chi connectivity index (χ1v) is 9.16. The second kappa shape index (κ2) is 6.47. The summed E-state index contributed by atoms with van der Waals surface area (Å²) in [7, 11) is 0. The Bertz CT molecular complexity index is 1110. The largest absolute Gasteiger partial charge is 0.294 e. The van der Waals surface area contributed by atoms with Crippen LogP contribution in [0.3, 0.4) is 0 Å². The van der Waals surface area contributed by atoms with E-state index in [1.807, 2.05) is 47.8 Å². The van der Waals surface area contributed by atoms with E-state index in [9.17, 15) is 4.79 Å². The minimum Gasteiger partial charge on any atom is -0.294 e. The molecule has 0 aliphatic carbocycles. The average Bonchev–Trinajstić information content (AvgIpc) is 3.05. The lowest BCUT2D eigenvalue weighted by Crippen LogP contribution is -2.21. The first-order valence-electron chi connectivity index (χ1n) is 7.90. The van der Waals surface area contributed by atoms with Crippen LogP contribution in [-0.4, -0.2) is 9.55 Å². The third-order valence-electron chi connectivity index (χ3n) is 4.32. The van der Waals surface area contributed by atoms with E-state index in [1.165, 1.54) is 11.3 Å². The summed E-state index contributed by atoms with van der Waals surface area (Å²) in [5.41, 5.74) is 4.16. The predicted octanol–water partition coefficient (Wildman–Crippen LogP) is 5.14. The first kappa shape index (κ1) is 16.1. The summed E-state index contributed by atoms with van der Waals surface area (Å²) < 4.78 is 1.68. The van der Waals surface area contributed by atoms with Crippen LogP contribution < -0.4 is 5.56 Å². The van der Waals surface area contributed by atoms with Gasteiger partial charge in [0.15, 0.2) is 0 Å². The van der Waals surface area contributed by atoms with Gasteiger partial charge >= 0.3 is 0 Å². The third kappa shape index (κ3) is 2.99. The molecule has 0 N–H and O–H groups in total. The first-order chi connectivity index (χ1) is 12.1. The summed E-state index contributed by atoms with van der Waals surface area (Å²) >= 11 is 7.47. The molecule has 2 aromatic carbocycles. The van der Waals surface area contributed by atoms with Crippen molar-refractivity contribution in [3.8, 4) is 11.1 Å². The fourth-order valence-corrected chi connectivity index (χ4v) is 3.93. The van der Waals surface area contributed by atoms with Gasteiger partial charge < -0.3 is 0 Å². The van der Waals surface area contributed by atoms with E-state index in [1.54, 1.807) is 10.9 Å². The molecule has 5 heteroatoms. The number of hydrogen-bond acceptors (Lipinski definition) is 3. The Morgan fingerprint density at radius 3 is 2.64 bits per heavy atom. The molecule has 0 saturated carbocycles. The van der Waals surface area contributed by atoms with Crippen LogP contribution in [-0.2, 0) is 6.54 Å². The van der Waals surface area contributed by atoms with Gasteiger partial charge in [-0.25, -0.2) is 4.98 Å². The number of benzene rings is 2. The second-order valence-corrected chi connectivity index (χ2v) is 7.24. The molecule has 0 spiro atoms. The lowest BCUT2D eigenvalue weighted by Gasteiger charge is -2.09. The van der Waals surface area contributed by atoms with Crippen LogP contribution in [0.4, 0.5) is 0 Å². The molecule has 0 aliphatic rings. The maximum Gasteiger partial charge on any atom is 0.263 e. The van der Waals surface area contributed by atoms with E-state index in [-0.39, 0.29) is 5.56 Å². The number of hydrogen-bond donors (Lipinski definition) is 0. The van der Waals surface area contributed by atoms with Crippen molar-refractivity contribution in [1.82, 2.24) is 9.55 Å². The van der Waals surface area contributed by atoms with Crippen LogP contribution >= 0.6 is 22.9 Å². The zero-order valence-corrected chi connectivity index (χ0v) is 15.1. The van der Waals surface area contributed by atoms with Crippen molar-refractivity contribution >= 4 is 33.2 Å². The van der Waals surface area contributed by atoms with Crippen molar-refractivity contribution in [2.45, 2.75) is 13.5 Å². The van der Waals surface area contributed by atoms with Crippen molar-refractivity contribution in [2.75, 3.05) is 0 Å². The summed E-state index contributed by atoms with van der Waals surface area (Å²) in [4.78, 5) is 18.3. The van der Waals surface area contributed by atoms with Gasteiger partial charge in [-0.05, 0) is 35.7 Å². The Labute approximate surface area is 154 Å². The van der Waals surface area contributed by atoms with Crippen LogP contribution in [0.25, 0.3) is 21.3 Å². The molecule has 0 unspecified atom stereocenters. The van der Waals surface area contributed by atoms with E-state index in [0.29, 0.717) is 17.0 Å². The molecular weight excluding hydrogens is 352 g/mol. The molecule has 0 atom stereocenters.